The van der Waals surface area contributed by atoms with Gasteiger partial charge in [0.05, 0.1) is 6.10 Å². The van der Waals surface area contributed by atoms with Crippen molar-refractivity contribution < 1.29 is 19.5 Å². The van der Waals surface area contributed by atoms with Crippen molar-refractivity contribution in [2.24, 2.45) is 0 Å². The molecule has 4 nitrogen and oxygen atoms in total. The lowest BCUT2D eigenvalue weighted by Gasteiger charge is -2.14. The Hall–Kier alpha value is -1.04. The van der Waals surface area contributed by atoms with Gasteiger partial charge in [-0.2, -0.15) is 0 Å². The first-order chi connectivity index (χ1) is 7.63. The van der Waals surface area contributed by atoms with Crippen molar-refractivity contribution in [2.75, 3.05) is 13.7 Å². The molecule has 1 rings (SSSR count). The van der Waals surface area contributed by atoms with E-state index in [4.69, 9.17) is 19.5 Å². The second-order valence-corrected chi connectivity index (χ2v) is 3.66. The van der Waals surface area contributed by atoms with Crippen molar-refractivity contribution in [1.29, 1.82) is 0 Å². The van der Waals surface area contributed by atoms with E-state index in [1.807, 2.05) is 6.92 Å². The highest BCUT2D eigenvalue weighted by Gasteiger charge is 2.12. The Morgan fingerprint density at radius 3 is 2.75 bits per heavy atom. The number of rotatable bonds is 6. The maximum absolute atomic E-state index is 9.00. The molecule has 0 amide bonds. The Labute approximate surface area is 96.0 Å². The van der Waals surface area contributed by atoms with Crippen LogP contribution in [0.2, 0.25) is 0 Å². The third-order valence-electron chi connectivity index (χ3n) is 2.22. The van der Waals surface area contributed by atoms with Gasteiger partial charge in [0.25, 0.3) is 0 Å². The molecule has 1 aromatic rings. The van der Waals surface area contributed by atoms with E-state index in [9.17, 15) is 0 Å². The average Bonchev–Trinajstić information content (AvgIpc) is 2.26. The lowest BCUT2D eigenvalue weighted by Crippen LogP contribution is -2.29. The smallest absolute Gasteiger partial charge is 0.488 e. The van der Waals surface area contributed by atoms with Crippen LogP contribution in [0.1, 0.15) is 13.3 Å². The van der Waals surface area contributed by atoms with Gasteiger partial charge in [0.2, 0.25) is 0 Å². The van der Waals surface area contributed by atoms with Crippen LogP contribution in [0.4, 0.5) is 0 Å². The monoisotopic (exact) mass is 224 g/mol. The Bertz CT molecular complexity index is 317. The molecule has 1 unspecified atom stereocenters. The first kappa shape index (κ1) is 13.0. The zero-order chi connectivity index (χ0) is 12.0. The highest BCUT2D eigenvalue weighted by molar-refractivity contribution is 6.58. The van der Waals surface area contributed by atoms with Gasteiger partial charge in [0, 0.05) is 20.1 Å². The van der Waals surface area contributed by atoms with Gasteiger partial charge in [-0.25, -0.2) is 0 Å². The largest absolute Gasteiger partial charge is 0.491 e. The van der Waals surface area contributed by atoms with Crippen LogP contribution in [0.5, 0.6) is 5.75 Å². The summed E-state index contributed by atoms with van der Waals surface area (Å²) in [7, 11) is 0.188. The highest BCUT2D eigenvalue weighted by atomic mass is 16.5. The van der Waals surface area contributed by atoms with E-state index in [0.717, 1.165) is 6.42 Å². The van der Waals surface area contributed by atoms with E-state index < -0.39 is 7.12 Å². The Kier molecular flexibility index (Phi) is 5.32. The van der Waals surface area contributed by atoms with E-state index in [-0.39, 0.29) is 6.10 Å². The molecule has 1 aromatic carbocycles. The SMILES string of the molecule is COCCC(C)Oc1cccc(B(O)O)c1. The molecule has 0 aromatic heterocycles. The molecule has 5 heteroatoms. The maximum atomic E-state index is 9.00. The topological polar surface area (TPSA) is 58.9 Å². The Morgan fingerprint density at radius 1 is 1.38 bits per heavy atom. The van der Waals surface area contributed by atoms with E-state index in [1.54, 1.807) is 31.4 Å². The van der Waals surface area contributed by atoms with E-state index in [1.165, 1.54) is 0 Å². The standard InChI is InChI=1S/C11H17BO4/c1-9(6-7-15-2)16-11-5-3-4-10(8-11)12(13)14/h3-5,8-9,13-14H,6-7H2,1-2H3. The van der Waals surface area contributed by atoms with Crippen LogP contribution in [0.15, 0.2) is 24.3 Å². The van der Waals surface area contributed by atoms with Gasteiger partial charge in [0.15, 0.2) is 0 Å². The zero-order valence-corrected chi connectivity index (χ0v) is 9.59. The summed E-state index contributed by atoms with van der Waals surface area (Å²) in [6.07, 6.45) is 0.827. The lowest BCUT2D eigenvalue weighted by molar-refractivity contribution is 0.135. The van der Waals surface area contributed by atoms with Gasteiger partial charge in [0.1, 0.15) is 5.75 Å². The van der Waals surface area contributed by atoms with Crippen molar-refractivity contribution in [1.82, 2.24) is 0 Å². The lowest BCUT2D eigenvalue weighted by atomic mass is 9.80. The quantitative estimate of drug-likeness (QED) is 0.676. The van der Waals surface area contributed by atoms with Crippen LogP contribution in [0.3, 0.4) is 0 Å². The van der Waals surface area contributed by atoms with Crippen molar-refractivity contribution in [3.63, 3.8) is 0 Å². The molecule has 16 heavy (non-hydrogen) atoms. The normalized spacial score (nSPS) is 12.2. The summed E-state index contributed by atoms with van der Waals surface area (Å²) >= 11 is 0. The van der Waals surface area contributed by atoms with Gasteiger partial charge in [-0.15, -0.1) is 0 Å². The summed E-state index contributed by atoms with van der Waals surface area (Å²) in [5.41, 5.74) is 0.427. The molecule has 0 aliphatic rings. The highest BCUT2D eigenvalue weighted by Crippen LogP contribution is 2.11. The molecule has 0 spiro atoms. The Morgan fingerprint density at radius 2 is 2.12 bits per heavy atom. The number of benzene rings is 1. The van der Waals surface area contributed by atoms with Crippen LogP contribution in [-0.4, -0.2) is 37.0 Å². The number of ether oxygens (including phenoxy) is 2. The molecular formula is C11H17BO4. The molecule has 2 N–H and O–H groups in total. The predicted molar refractivity (Wildman–Crippen MR) is 62.9 cm³/mol. The third-order valence-corrected chi connectivity index (χ3v) is 2.22. The minimum Gasteiger partial charge on any atom is -0.491 e. The molecule has 88 valence electrons. The van der Waals surface area contributed by atoms with Crippen LogP contribution < -0.4 is 10.2 Å². The summed E-state index contributed by atoms with van der Waals surface area (Å²) in [5, 5.41) is 18.0. The summed E-state index contributed by atoms with van der Waals surface area (Å²) < 4.78 is 10.6. The predicted octanol–water partition coefficient (Wildman–Crippen LogP) is 0.170. The summed E-state index contributed by atoms with van der Waals surface area (Å²) in [4.78, 5) is 0. The van der Waals surface area contributed by atoms with Crippen LogP contribution in [0, 0.1) is 0 Å². The molecule has 0 bridgehead atoms. The van der Waals surface area contributed by atoms with Crippen molar-refractivity contribution in [3.05, 3.63) is 24.3 Å². The average molecular weight is 224 g/mol. The molecular weight excluding hydrogens is 207 g/mol. The number of hydrogen-bond donors (Lipinski definition) is 2. The molecule has 0 radical (unpaired) electrons. The molecule has 0 saturated heterocycles. The van der Waals surface area contributed by atoms with Gasteiger partial charge < -0.3 is 19.5 Å². The third kappa shape index (κ3) is 4.22. The summed E-state index contributed by atoms with van der Waals surface area (Å²) in [6.45, 7) is 2.59. The second kappa shape index (κ2) is 6.53. The number of hydrogen-bond acceptors (Lipinski definition) is 4. The molecule has 0 aliphatic heterocycles. The Balaban J connectivity index is 2.56. The number of methoxy groups -OCH3 is 1. The van der Waals surface area contributed by atoms with Gasteiger partial charge in [-0.05, 0) is 24.5 Å². The van der Waals surface area contributed by atoms with Gasteiger partial charge in [-0.1, -0.05) is 12.1 Å². The molecule has 0 aliphatic carbocycles. The summed E-state index contributed by atoms with van der Waals surface area (Å²) in [6, 6.07) is 6.77. The first-order valence-electron chi connectivity index (χ1n) is 5.25. The molecule has 0 saturated carbocycles. The van der Waals surface area contributed by atoms with Gasteiger partial charge >= 0.3 is 7.12 Å². The maximum Gasteiger partial charge on any atom is 0.488 e. The minimum atomic E-state index is -1.46. The second-order valence-electron chi connectivity index (χ2n) is 3.66. The molecule has 0 fully saturated rings. The van der Waals surface area contributed by atoms with Gasteiger partial charge in [-0.3, -0.25) is 0 Å². The fourth-order valence-electron chi connectivity index (χ4n) is 1.32. The van der Waals surface area contributed by atoms with E-state index in [0.29, 0.717) is 17.8 Å². The fourth-order valence-corrected chi connectivity index (χ4v) is 1.32. The van der Waals surface area contributed by atoms with E-state index >= 15 is 0 Å². The van der Waals surface area contributed by atoms with Crippen LogP contribution in [0.25, 0.3) is 0 Å². The first-order valence-corrected chi connectivity index (χ1v) is 5.25. The summed E-state index contributed by atoms with van der Waals surface area (Å²) in [5.74, 6) is 0.634. The molecule has 0 heterocycles. The van der Waals surface area contributed by atoms with Crippen LogP contribution >= 0.6 is 0 Å². The van der Waals surface area contributed by atoms with Crippen molar-refractivity contribution in [2.45, 2.75) is 19.4 Å². The fraction of sp³-hybridized carbons (Fsp3) is 0.455. The van der Waals surface area contributed by atoms with Crippen molar-refractivity contribution >= 4 is 12.6 Å². The minimum absolute atomic E-state index is 0.0334. The molecule has 1 atom stereocenters. The zero-order valence-electron chi connectivity index (χ0n) is 9.59. The van der Waals surface area contributed by atoms with E-state index in [2.05, 4.69) is 0 Å². The van der Waals surface area contributed by atoms with Crippen molar-refractivity contribution in [3.8, 4) is 5.75 Å². The van der Waals surface area contributed by atoms with Crippen LogP contribution in [-0.2, 0) is 4.74 Å².